The van der Waals surface area contributed by atoms with E-state index in [9.17, 15) is 8.42 Å². The number of nitrogens with zero attached hydrogens (tertiary/aromatic N) is 1. The molecule has 0 amide bonds. The van der Waals surface area contributed by atoms with Crippen molar-refractivity contribution in [1.29, 1.82) is 0 Å². The molecule has 0 aromatic carbocycles. The van der Waals surface area contributed by atoms with Gasteiger partial charge in [-0.25, -0.2) is 8.42 Å². The van der Waals surface area contributed by atoms with Crippen LogP contribution in [0.1, 0.15) is 33.5 Å². The Hall–Kier alpha value is -0.850. The van der Waals surface area contributed by atoms with E-state index >= 15 is 0 Å². The molecule has 110 valence electrons. The first-order valence-corrected chi connectivity index (χ1v) is 8.00. The molecule has 0 aliphatic heterocycles. The van der Waals surface area contributed by atoms with Crippen molar-refractivity contribution in [3.63, 3.8) is 0 Å². The van der Waals surface area contributed by atoms with Gasteiger partial charge >= 0.3 is 0 Å². The molecular formula is C13H24N2O3S. The number of sulfonamides is 1. The second-order valence-corrected chi connectivity index (χ2v) is 7.40. The minimum atomic E-state index is -3.57. The zero-order valence-electron chi connectivity index (χ0n) is 12.1. The summed E-state index contributed by atoms with van der Waals surface area (Å²) in [5.74, 6) is 1.00. The molecule has 0 spiro atoms. The number of hydrogen-bond donors (Lipinski definition) is 1. The molecule has 19 heavy (non-hydrogen) atoms. The van der Waals surface area contributed by atoms with Gasteiger partial charge in [0, 0.05) is 13.1 Å². The molecule has 1 aromatic heterocycles. The summed E-state index contributed by atoms with van der Waals surface area (Å²) in [6.45, 7) is 9.15. The molecule has 0 aliphatic rings. The van der Waals surface area contributed by atoms with Gasteiger partial charge in [-0.15, -0.1) is 0 Å². The van der Waals surface area contributed by atoms with Gasteiger partial charge in [-0.3, -0.25) is 0 Å². The number of nitrogens with two attached hydrogens (primary N) is 1. The van der Waals surface area contributed by atoms with Crippen LogP contribution in [0.15, 0.2) is 21.6 Å². The van der Waals surface area contributed by atoms with Crippen molar-refractivity contribution in [2.45, 2.75) is 39.3 Å². The molecule has 0 atom stereocenters. The van der Waals surface area contributed by atoms with Crippen molar-refractivity contribution in [3.05, 3.63) is 17.9 Å². The Kier molecular flexibility index (Phi) is 5.58. The summed E-state index contributed by atoms with van der Waals surface area (Å²) in [5, 5.41) is -0.0192. The Morgan fingerprint density at radius 3 is 2.05 bits per heavy atom. The van der Waals surface area contributed by atoms with Crippen molar-refractivity contribution >= 4 is 10.0 Å². The van der Waals surface area contributed by atoms with Crippen LogP contribution in [0.25, 0.3) is 0 Å². The van der Waals surface area contributed by atoms with E-state index in [0.717, 1.165) is 0 Å². The fraction of sp³-hybridized carbons (Fsp3) is 0.692. The molecule has 0 fully saturated rings. The van der Waals surface area contributed by atoms with Crippen molar-refractivity contribution in [1.82, 2.24) is 4.31 Å². The topological polar surface area (TPSA) is 76.5 Å². The second-order valence-electron chi connectivity index (χ2n) is 5.53. The van der Waals surface area contributed by atoms with Crippen LogP contribution in [0, 0.1) is 11.8 Å². The summed E-state index contributed by atoms with van der Waals surface area (Å²) in [4.78, 5) is 0. The minimum absolute atomic E-state index is 0.0192. The van der Waals surface area contributed by atoms with Crippen LogP contribution >= 0.6 is 0 Å². The maximum atomic E-state index is 12.5. The van der Waals surface area contributed by atoms with Gasteiger partial charge in [0.2, 0.25) is 5.09 Å². The molecule has 0 unspecified atom stereocenters. The highest BCUT2D eigenvalue weighted by molar-refractivity contribution is 7.89. The third-order valence-electron chi connectivity index (χ3n) is 2.57. The smallest absolute Gasteiger partial charge is 0.276 e. The summed E-state index contributed by atoms with van der Waals surface area (Å²) < 4.78 is 31.8. The first-order valence-electron chi connectivity index (χ1n) is 6.56. The molecule has 1 rings (SSSR count). The van der Waals surface area contributed by atoms with Crippen LogP contribution in [0.3, 0.4) is 0 Å². The van der Waals surface area contributed by atoms with E-state index in [-0.39, 0.29) is 23.5 Å². The highest BCUT2D eigenvalue weighted by Crippen LogP contribution is 2.20. The summed E-state index contributed by atoms with van der Waals surface area (Å²) in [6, 6.07) is 3.08. The lowest BCUT2D eigenvalue weighted by Gasteiger charge is -2.24. The number of rotatable bonds is 7. The van der Waals surface area contributed by atoms with E-state index in [4.69, 9.17) is 10.2 Å². The predicted molar refractivity (Wildman–Crippen MR) is 75.0 cm³/mol. The zero-order chi connectivity index (χ0) is 14.6. The molecular weight excluding hydrogens is 264 g/mol. The van der Waals surface area contributed by atoms with Crippen molar-refractivity contribution in [2.24, 2.45) is 17.6 Å². The highest BCUT2D eigenvalue weighted by atomic mass is 32.2. The summed E-state index contributed by atoms with van der Waals surface area (Å²) in [6.07, 6.45) is 0. The minimum Gasteiger partial charge on any atom is -0.447 e. The van der Waals surface area contributed by atoms with Gasteiger partial charge in [-0.05, 0) is 24.0 Å². The standard InChI is InChI=1S/C13H24N2O3S/c1-10(2)8-15(9-11(3)4)19(16,17)13-6-5-12(7-14)18-13/h5-6,10-11H,7-9,14H2,1-4H3. The van der Waals surface area contributed by atoms with Gasteiger partial charge in [0.25, 0.3) is 10.0 Å². The molecule has 5 nitrogen and oxygen atoms in total. The Morgan fingerprint density at radius 2 is 1.68 bits per heavy atom. The quantitative estimate of drug-likeness (QED) is 0.833. The highest BCUT2D eigenvalue weighted by Gasteiger charge is 2.28. The van der Waals surface area contributed by atoms with Crippen LogP contribution < -0.4 is 5.73 Å². The lowest BCUT2D eigenvalue weighted by molar-refractivity contribution is 0.318. The Bertz CT molecular complexity index is 482. The van der Waals surface area contributed by atoms with E-state index < -0.39 is 10.0 Å². The summed E-state index contributed by atoms with van der Waals surface area (Å²) in [5.41, 5.74) is 5.44. The van der Waals surface area contributed by atoms with E-state index in [0.29, 0.717) is 18.8 Å². The molecule has 0 saturated carbocycles. The molecule has 2 N–H and O–H groups in total. The summed E-state index contributed by atoms with van der Waals surface area (Å²) >= 11 is 0. The van der Waals surface area contributed by atoms with Crippen molar-refractivity contribution in [2.75, 3.05) is 13.1 Å². The molecule has 6 heteroatoms. The average Bonchev–Trinajstić information content (AvgIpc) is 2.75. The first-order chi connectivity index (χ1) is 8.77. The van der Waals surface area contributed by atoms with E-state index in [1.807, 2.05) is 27.7 Å². The van der Waals surface area contributed by atoms with Crippen LogP contribution in [0.5, 0.6) is 0 Å². The lowest BCUT2D eigenvalue weighted by Crippen LogP contribution is -2.36. The fourth-order valence-electron chi connectivity index (χ4n) is 1.82. The SMILES string of the molecule is CC(C)CN(CC(C)C)S(=O)(=O)c1ccc(CN)o1. The van der Waals surface area contributed by atoms with Crippen LogP contribution in [-0.4, -0.2) is 25.8 Å². The molecule has 0 radical (unpaired) electrons. The average molecular weight is 288 g/mol. The Morgan fingerprint density at radius 1 is 1.16 bits per heavy atom. The van der Waals surface area contributed by atoms with Gasteiger partial charge in [-0.1, -0.05) is 27.7 Å². The summed E-state index contributed by atoms with van der Waals surface area (Å²) in [7, 11) is -3.57. The van der Waals surface area contributed by atoms with E-state index in [1.165, 1.54) is 10.4 Å². The Balaban J connectivity index is 3.03. The third-order valence-corrected chi connectivity index (χ3v) is 4.28. The van der Waals surface area contributed by atoms with Crippen molar-refractivity contribution in [3.8, 4) is 0 Å². The molecule has 0 bridgehead atoms. The molecule has 0 saturated heterocycles. The van der Waals surface area contributed by atoms with E-state index in [1.54, 1.807) is 6.07 Å². The fourth-order valence-corrected chi connectivity index (χ4v) is 3.51. The van der Waals surface area contributed by atoms with Gasteiger partial charge < -0.3 is 10.2 Å². The lowest BCUT2D eigenvalue weighted by atomic mass is 10.2. The third kappa shape index (κ3) is 4.33. The normalized spacial score (nSPS) is 12.8. The van der Waals surface area contributed by atoms with Crippen LogP contribution in [-0.2, 0) is 16.6 Å². The maximum Gasteiger partial charge on any atom is 0.276 e. The van der Waals surface area contributed by atoms with Gasteiger partial charge in [0.05, 0.1) is 6.54 Å². The molecule has 1 heterocycles. The molecule has 0 aliphatic carbocycles. The predicted octanol–water partition coefficient (Wildman–Crippen LogP) is 2.04. The maximum absolute atomic E-state index is 12.5. The van der Waals surface area contributed by atoms with Crippen LogP contribution in [0.2, 0.25) is 0 Å². The zero-order valence-corrected chi connectivity index (χ0v) is 12.9. The van der Waals surface area contributed by atoms with Gasteiger partial charge in [0.15, 0.2) is 0 Å². The second kappa shape index (κ2) is 6.54. The van der Waals surface area contributed by atoms with Crippen LogP contribution in [0.4, 0.5) is 0 Å². The Labute approximate surface area is 115 Å². The first kappa shape index (κ1) is 16.2. The largest absolute Gasteiger partial charge is 0.447 e. The van der Waals surface area contributed by atoms with Crippen molar-refractivity contribution < 1.29 is 12.8 Å². The monoisotopic (exact) mass is 288 g/mol. The van der Waals surface area contributed by atoms with E-state index in [2.05, 4.69) is 0 Å². The molecule has 1 aromatic rings. The number of furan rings is 1. The van der Waals surface area contributed by atoms with Gasteiger partial charge in [0.1, 0.15) is 5.76 Å². The number of hydrogen-bond acceptors (Lipinski definition) is 4. The van der Waals surface area contributed by atoms with Gasteiger partial charge in [-0.2, -0.15) is 4.31 Å².